The smallest absolute Gasteiger partial charge is 0.0390 e. The van der Waals surface area contributed by atoms with Gasteiger partial charge in [-0.15, -0.1) is 0 Å². The molecule has 0 saturated carbocycles. The molecule has 0 aliphatic carbocycles. The fourth-order valence-corrected chi connectivity index (χ4v) is 2.99. The summed E-state index contributed by atoms with van der Waals surface area (Å²) in [5.74, 6) is 0. The highest BCUT2D eigenvalue weighted by atomic mass is 14.9. The standard InChI is InChI=1S/C23H26N2/c1-19-22(24-17-15-20-9-4-2-5-10-20)13-8-14-23(19)25-18-16-21-11-6-3-7-12-21/h2-14,24-25H,15-18H2,1H3. The molecule has 0 saturated heterocycles. The maximum absolute atomic E-state index is 3.57. The molecule has 0 fully saturated rings. The first-order chi connectivity index (χ1) is 12.3. The molecule has 0 spiro atoms. The molecule has 3 rings (SSSR count). The molecule has 2 nitrogen and oxygen atoms in total. The molecule has 0 bridgehead atoms. The fraction of sp³-hybridized carbons (Fsp3) is 0.217. The van der Waals surface area contributed by atoms with Gasteiger partial charge in [-0.05, 0) is 48.6 Å². The van der Waals surface area contributed by atoms with Gasteiger partial charge in [0.15, 0.2) is 0 Å². The van der Waals surface area contributed by atoms with Crippen LogP contribution in [0.1, 0.15) is 16.7 Å². The van der Waals surface area contributed by atoms with Crippen LogP contribution in [-0.2, 0) is 12.8 Å². The number of rotatable bonds is 8. The monoisotopic (exact) mass is 330 g/mol. The number of hydrogen-bond donors (Lipinski definition) is 2. The predicted octanol–water partition coefficient (Wildman–Crippen LogP) is 5.30. The van der Waals surface area contributed by atoms with E-state index in [0.717, 1.165) is 25.9 Å². The van der Waals surface area contributed by atoms with Gasteiger partial charge in [0.05, 0.1) is 0 Å². The fourth-order valence-electron chi connectivity index (χ4n) is 2.99. The summed E-state index contributed by atoms with van der Waals surface area (Å²) in [5, 5.41) is 7.14. The van der Waals surface area contributed by atoms with Crippen molar-refractivity contribution in [3.63, 3.8) is 0 Å². The topological polar surface area (TPSA) is 24.1 Å². The van der Waals surface area contributed by atoms with Gasteiger partial charge in [0.25, 0.3) is 0 Å². The van der Waals surface area contributed by atoms with Crippen molar-refractivity contribution in [2.24, 2.45) is 0 Å². The van der Waals surface area contributed by atoms with Crippen LogP contribution in [0.5, 0.6) is 0 Å². The molecular weight excluding hydrogens is 304 g/mol. The largest absolute Gasteiger partial charge is 0.384 e. The van der Waals surface area contributed by atoms with Crippen molar-refractivity contribution in [3.8, 4) is 0 Å². The zero-order valence-electron chi connectivity index (χ0n) is 14.8. The molecule has 128 valence electrons. The molecule has 0 radical (unpaired) electrons. The van der Waals surface area contributed by atoms with Gasteiger partial charge < -0.3 is 10.6 Å². The Labute approximate surface area is 150 Å². The molecule has 0 aliphatic heterocycles. The van der Waals surface area contributed by atoms with Crippen LogP contribution >= 0.6 is 0 Å². The zero-order valence-corrected chi connectivity index (χ0v) is 14.8. The van der Waals surface area contributed by atoms with E-state index in [1.807, 2.05) is 0 Å². The molecule has 3 aromatic carbocycles. The second-order valence-electron chi connectivity index (χ2n) is 6.30. The van der Waals surface area contributed by atoms with Gasteiger partial charge in [0.2, 0.25) is 0 Å². The molecule has 2 heteroatoms. The van der Waals surface area contributed by atoms with E-state index < -0.39 is 0 Å². The lowest BCUT2D eigenvalue weighted by atomic mass is 10.1. The van der Waals surface area contributed by atoms with Crippen molar-refractivity contribution in [1.29, 1.82) is 0 Å². The summed E-state index contributed by atoms with van der Waals surface area (Å²) in [6.45, 7) is 4.06. The predicted molar refractivity (Wildman–Crippen MR) is 108 cm³/mol. The molecule has 0 aromatic heterocycles. The molecule has 0 unspecified atom stereocenters. The van der Waals surface area contributed by atoms with E-state index in [1.165, 1.54) is 28.1 Å². The summed E-state index contributed by atoms with van der Waals surface area (Å²) in [6, 6.07) is 27.6. The summed E-state index contributed by atoms with van der Waals surface area (Å²) in [7, 11) is 0. The van der Waals surface area contributed by atoms with Crippen LogP contribution < -0.4 is 10.6 Å². The van der Waals surface area contributed by atoms with Crippen LogP contribution in [0.25, 0.3) is 0 Å². The molecule has 0 amide bonds. The van der Waals surface area contributed by atoms with Crippen LogP contribution in [0.4, 0.5) is 11.4 Å². The van der Waals surface area contributed by atoms with Crippen LogP contribution in [0, 0.1) is 6.92 Å². The minimum atomic E-state index is 0.943. The van der Waals surface area contributed by atoms with Crippen molar-refractivity contribution in [3.05, 3.63) is 95.6 Å². The molecular formula is C23H26N2. The van der Waals surface area contributed by atoms with Gasteiger partial charge in [-0.1, -0.05) is 66.7 Å². The summed E-state index contributed by atoms with van der Waals surface area (Å²) in [5.41, 5.74) is 6.43. The summed E-state index contributed by atoms with van der Waals surface area (Å²) in [6.07, 6.45) is 2.07. The first-order valence-electron chi connectivity index (χ1n) is 8.98. The third-order valence-electron chi connectivity index (χ3n) is 4.48. The molecule has 25 heavy (non-hydrogen) atoms. The SMILES string of the molecule is Cc1c(NCCc2ccccc2)cccc1NCCc1ccccc1. The summed E-state index contributed by atoms with van der Waals surface area (Å²) in [4.78, 5) is 0. The Morgan fingerprint density at radius 1 is 0.560 bits per heavy atom. The molecule has 0 aliphatic rings. The molecule has 3 aromatic rings. The van der Waals surface area contributed by atoms with E-state index in [-0.39, 0.29) is 0 Å². The number of benzene rings is 3. The second kappa shape index (κ2) is 8.93. The molecule has 0 atom stereocenters. The Kier molecular flexibility index (Phi) is 6.11. The maximum atomic E-state index is 3.57. The molecule has 2 N–H and O–H groups in total. The highest BCUT2D eigenvalue weighted by molar-refractivity contribution is 5.65. The van der Waals surface area contributed by atoms with Crippen LogP contribution in [-0.4, -0.2) is 13.1 Å². The van der Waals surface area contributed by atoms with Gasteiger partial charge in [-0.2, -0.15) is 0 Å². The van der Waals surface area contributed by atoms with E-state index in [9.17, 15) is 0 Å². The van der Waals surface area contributed by atoms with Crippen molar-refractivity contribution in [1.82, 2.24) is 0 Å². The van der Waals surface area contributed by atoms with Crippen LogP contribution in [0.2, 0.25) is 0 Å². The van der Waals surface area contributed by atoms with E-state index in [1.54, 1.807) is 0 Å². The normalized spacial score (nSPS) is 10.4. The highest BCUT2D eigenvalue weighted by Gasteiger charge is 2.03. The lowest BCUT2D eigenvalue weighted by molar-refractivity contribution is 1.01. The summed E-state index contributed by atoms with van der Waals surface area (Å²) >= 11 is 0. The zero-order chi connectivity index (χ0) is 17.3. The first-order valence-corrected chi connectivity index (χ1v) is 8.98. The Balaban J connectivity index is 1.52. The van der Waals surface area contributed by atoms with Gasteiger partial charge in [0.1, 0.15) is 0 Å². The van der Waals surface area contributed by atoms with Crippen molar-refractivity contribution >= 4 is 11.4 Å². The third kappa shape index (κ3) is 5.12. The lowest BCUT2D eigenvalue weighted by Crippen LogP contribution is -2.09. The highest BCUT2D eigenvalue weighted by Crippen LogP contribution is 2.23. The van der Waals surface area contributed by atoms with Crippen molar-refractivity contribution in [2.45, 2.75) is 19.8 Å². The van der Waals surface area contributed by atoms with Gasteiger partial charge in [0, 0.05) is 24.5 Å². The minimum Gasteiger partial charge on any atom is -0.384 e. The number of anilines is 2. The average molecular weight is 330 g/mol. The number of nitrogens with one attached hydrogen (secondary N) is 2. The van der Waals surface area contributed by atoms with Gasteiger partial charge in [-0.25, -0.2) is 0 Å². The van der Waals surface area contributed by atoms with Crippen LogP contribution in [0.3, 0.4) is 0 Å². The lowest BCUT2D eigenvalue weighted by Gasteiger charge is -2.15. The van der Waals surface area contributed by atoms with Gasteiger partial charge in [-0.3, -0.25) is 0 Å². The Hall–Kier alpha value is -2.74. The minimum absolute atomic E-state index is 0.943. The first kappa shape index (κ1) is 17.1. The second-order valence-corrected chi connectivity index (χ2v) is 6.30. The quantitative estimate of drug-likeness (QED) is 0.585. The van der Waals surface area contributed by atoms with Crippen molar-refractivity contribution < 1.29 is 0 Å². The number of hydrogen-bond acceptors (Lipinski definition) is 2. The van der Waals surface area contributed by atoms with Gasteiger partial charge >= 0.3 is 0 Å². The Morgan fingerprint density at radius 2 is 1.00 bits per heavy atom. The van der Waals surface area contributed by atoms with E-state index in [2.05, 4.69) is 96.4 Å². The summed E-state index contributed by atoms with van der Waals surface area (Å²) < 4.78 is 0. The average Bonchev–Trinajstić information content (AvgIpc) is 2.66. The van der Waals surface area contributed by atoms with Crippen LogP contribution in [0.15, 0.2) is 78.9 Å². The van der Waals surface area contributed by atoms with Crippen molar-refractivity contribution in [2.75, 3.05) is 23.7 Å². The Bertz CT molecular complexity index is 703. The third-order valence-corrected chi connectivity index (χ3v) is 4.48. The Morgan fingerprint density at radius 3 is 1.44 bits per heavy atom. The van der Waals surface area contributed by atoms with E-state index in [0.29, 0.717) is 0 Å². The maximum Gasteiger partial charge on any atom is 0.0390 e. The van der Waals surface area contributed by atoms with E-state index >= 15 is 0 Å². The van der Waals surface area contributed by atoms with E-state index in [4.69, 9.17) is 0 Å². The molecule has 0 heterocycles.